The number of benzene rings is 3. The summed E-state index contributed by atoms with van der Waals surface area (Å²) in [7, 11) is -14.6. The van der Waals surface area contributed by atoms with Crippen molar-refractivity contribution in [1.82, 2.24) is 0 Å². The monoisotopic (exact) mass is 740 g/mol. The van der Waals surface area contributed by atoms with E-state index in [0.29, 0.717) is 12.1 Å². The second kappa shape index (κ2) is 18.7. The molecule has 0 saturated heterocycles. The zero-order valence-corrected chi connectivity index (χ0v) is 32.6. The summed E-state index contributed by atoms with van der Waals surface area (Å²) < 4.78 is 99.6. The van der Waals surface area contributed by atoms with Crippen molar-refractivity contribution in [1.29, 1.82) is 0 Å². The van der Waals surface area contributed by atoms with Gasteiger partial charge in [-0.15, -0.1) is 10.2 Å². The zero-order chi connectivity index (χ0) is 27.8. The maximum Gasteiger partial charge on any atom is 1.00 e. The van der Waals surface area contributed by atoms with Crippen LogP contribution in [0.1, 0.15) is 6.92 Å². The fourth-order valence-electron chi connectivity index (χ4n) is 3.06. The van der Waals surface area contributed by atoms with Crippen LogP contribution >= 0.6 is 12.0 Å². The first-order valence-corrected chi connectivity index (χ1v) is 14.7. The van der Waals surface area contributed by atoms with Crippen LogP contribution in [0.3, 0.4) is 0 Å². The minimum atomic E-state index is -5.44. The molecule has 0 aromatic heterocycles. The van der Waals surface area contributed by atoms with Gasteiger partial charge in [-0.25, -0.2) is 25.3 Å². The van der Waals surface area contributed by atoms with Crippen LogP contribution in [0.15, 0.2) is 66.2 Å². The van der Waals surface area contributed by atoms with Gasteiger partial charge in [-0.3, -0.25) is 5.04 Å². The van der Waals surface area contributed by atoms with Crippen molar-refractivity contribution in [3.63, 3.8) is 0 Å². The fraction of sp³-hybridized carbons (Fsp3) is 0.105. The fourth-order valence-corrected chi connectivity index (χ4v) is 5.86. The summed E-state index contributed by atoms with van der Waals surface area (Å²) in [6.07, 6.45) is 0. The number of fused-ring (bicyclic) bond motifs is 1. The first-order valence-electron chi connectivity index (χ1n) is 9.46. The Morgan fingerprint density at radius 3 is 1.95 bits per heavy atom. The Morgan fingerprint density at radius 1 is 0.881 bits per heavy atom. The van der Waals surface area contributed by atoms with Gasteiger partial charge in [-0.2, -0.15) is 4.33 Å². The van der Waals surface area contributed by atoms with E-state index in [1.165, 1.54) is 6.92 Å². The maximum atomic E-state index is 12.1. The molecule has 42 heavy (non-hydrogen) atoms. The number of hydrogen-bond donors (Lipinski definition) is 2. The Hall–Kier alpha value is 0.639. The van der Waals surface area contributed by atoms with Gasteiger partial charge in [0.05, 0.1) is 32.5 Å². The van der Waals surface area contributed by atoms with E-state index in [1.54, 1.807) is 0 Å². The van der Waals surface area contributed by atoms with Gasteiger partial charge in [0.15, 0.2) is 15.6 Å². The second-order valence-electron chi connectivity index (χ2n) is 6.97. The molecule has 0 aliphatic carbocycles. The summed E-state index contributed by atoms with van der Waals surface area (Å²) in [5, 5.41) is 39.7. The molecule has 0 aliphatic rings. The largest absolute Gasteiger partial charge is 1.00 e. The molecule has 0 amide bonds. The molecule has 0 saturated carbocycles. The number of phenolic OH excluding ortho intramolecular Hbond substituents is 2. The first kappa shape index (κ1) is 47.1. The third-order valence-electron chi connectivity index (χ3n) is 4.73. The number of sulfone groups is 1. The Balaban J connectivity index is -0.00000304. The third kappa shape index (κ3) is 11.2. The smallest absolute Gasteiger partial charge is 0.744 e. The van der Waals surface area contributed by atoms with Crippen molar-refractivity contribution in [2.75, 3.05) is 5.75 Å². The number of phenols is 2. The summed E-state index contributed by atoms with van der Waals surface area (Å²) >= 11 is 0.137. The van der Waals surface area contributed by atoms with E-state index < -0.39 is 73.5 Å². The van der Waals surface area contributed by atoms with E-state index in [1.807, 2.05) is 0 Å². The van der Waals surface area contributed by atoms with Crippen molar-refractivity contribution < 1.29 is 165 Å². The van der Waals surface area contributed by atoms with E-state index in [4.69, 9.17) is 0 Å². The van der Waals surface area contributed by atoms with Gasteiger partial charge in [0, 0.05) is 10.3 Å². The summed E-state index contributed by atoms with van der Waals surface area (Å²) in [6.45, 7) is 1.35. The Bertz CT molecular complexity index is 1760. The van der Waals surface area contributed by atoms with E-state index in [0.717, 1.165) is 24.3 Å². The van der Waals surface area contributed by atoms with E-state index in [9.17, 15) is 49.8 Å². The number of aromatic hydroxyl groups is 2. The molecule has 0 atom stereocenters. The molecule has 3 rings (SSSR count). The van der Waals surface area contributed by atoms with Gasteiger partial charge in [-0.05, 0) is 41.8 Å². The Labute approximate surface area is 322 Å². The van der Waals surface area contributed by atoms with Crippen LogP contribution in [0.2, 0.25) is 0 Å². The molecule has 3 aromatic rings. The summed E-state index contributed by atoms with van der Waals surface area (Å²) in [4.78, 5) is -2.87. The van der Waals surface area contributed by atoms with E-state index in [-0.39, 0.29) is 141 Å². The minimum absolute atomic E-state index is 0. The van der Waals surface area contributed by atoms with Crippen LogP contribution in [-0.2, 0) is 56.5 Å². The topological polar surface area (TPSA) is 255 Å². The number of nitrogens with zero attached hydrogens (tertiary/aromatic N) is 2. The van der Waals surface area contributed by atoms with Crippen molar-refractivity contribution in [2.24, 2.45) is 10.2 Å². The minimum Gasteiger partial charge on any atom is -0.744 e. The molecule has 3 aromatic carbocycles. The SMILES string of the molecule is CCS(=O)(=O)c1ccc(O)c(N=Nc2c(S(=O)(=O)[O-])cc3cc(SOO[O-])cc(S(=O)(=O)[O-])c3c2O)c1.[CH3-].[Cu+].[Na+].[Na+].[Na+]. The molecule has 0 aliphatic heterocycles. The Morgan fingerprint density at radius 2 is 1.45 bits per heavy atom. The maximum absolute atomic E-state index is 12.1. The average molecular weight is 741 g/mol. The first-order chi connectivity index (χ1) is 17.1. The molecule has 218 valence electrons. The van der Waals surface area contributed by atoms with Gasteiger partial charge in [0.25, 0.3) is 0 Å². The van der Waals surface area contributed by atoms with Crippen molar-refractivity contribution in [3.8, 4) is 11.5 Å². The molecule has 23 heteroatoms. The molecule has 0 heterocycles. The van der Waals surface area contributed by atoms with Gasteiger partial charge in [0.1, 0.15) is 37.4 Å². The normalized spacial score (nSPS) is 11.4. The van der Waals surface area contributed by atoms with Gasteiger partial charge in [0.2, 0.25) is 0 Å². The standard InChI is InChI=1S/C18H16N2O13S4.CH3.Cu.3Na/c1-2-35(24,25)11-3-4-13(21)12(8-11)19-20-17-15(37(29,30)31)6-9-5-10(34-33-32-23)7-14(36(26,27)28)16(9)18(17)22;;;;;/h3-8,21-23H,2H2,1H3,(H,26,27,28)(H,29,30,31);1H3;;;;/q;-1;4*+1/p-3. The van der Waals surface area contributed by atoms with Crippen LogP contribution in [-0.4, -0.2) is 50.3 Å². The molecule has 0 unspecified atom stereocenters. The van der Waals surface area contributed by atoms with Crippen LogP contribution in [0.25, 0.3) is 10.8 Å². The van der Waals surface area contributed by atoms with Crippen LogP contribution in [0.4, 0.5) is 11.4 Å². The summed E-state index contributed by atoms with van der Waals surface area (Å²) in [5.41, 5.74) is -1.61. The van der Waals surface area contributed by atoms with E-state index >= 15 is 0 Å². The van der Waals surface area contributed by atoms with Crippen LogP contribution in [0, 0.1) is 7.43 Å². The zero-order valence-electron chi connectivity index (χ0n) is 22.4. The average Bonchev–Trinajstić information content (AvgIpc) is 2.81. The quantitative estimate of drug-likeness (QED) is 0.0393. The molecule has 0 radical (unpaired) electrons. The van der Waals surface area contributed by atoms with Crippen LogP contribution < -0.4 is 93.9 Å². The van der Waals surface area contributed by atoms with Gasteiger partial charge in [-0.1, -0.05) is 6.92 Å². The van der Waals surface area contributed by atoms with Crippen molar-refractivity contribution in [3.05, 3.63) is 43.8 Å². The summed E-state index contributed by atoms with van der Waals surface area (Å²) in [5.74, 6) is -2.19. The molecule has 0 bridgehead atoms. The molecular formula is C19H16CuN2Na3O13S4. The molecule has 15 nitrogen and oxygen atoms in total. The van der Waals surface area contributed by atoms with E-state index in [2.05, 4.69) is 19.6 Å². The second-order valence-corrected chi connectivity index (χ2v) is 12.7. The third-order valence-corrected chi connectivity index (χ3v) is 8.72. The number of azo groups is 1. The molecular weight excluding hydrogens is 725 g/mol. The molecule has 0 fully saturated rings. The predicted molar refractivity (Wildman–Crippen MR) is 126 cm³/mol. The van der Waals surface area contributed by atoms with Gasteiger partial charge >= 0.3 is 106 Å². The molecule has 2 N–H and O–H groups in total. The van der Waals surface area contributed by atoms with Crippen molar-refractivity contribution in [2.45, 2.75) is 26.5 Å². The number of rotatable bonds is 9. The molecule has 0 spiro atoms. The predicted octanol–water partition coefficient (Wildman–Crippen LogP) is -7.04. The Kier molecular flexibility index (Phi) is 21.0. The number of hydrogen-bond acceptors (Lipinski definition) is 16. The van der Waals surface area contributed by atoms with Crippen LogP contribution in [0.5, 0.6) is 11.5 Å². The van der Waals surface area contributed by atoms with Gasteiger partial charge < -0.3 is 32.0 Å². The van der Waals surface area contributed by atoms with Crippen molar-refractivity contribution >= 4 is 64.3 Å². The summed E-state index contributed by atoms with van der Waals surface area (Å²) in [6, 6.07) is 5.13.